The van der Waals surface area contributed by atoms with Crippen LogP contribution in [0.25, 0.3) is 11.3 Å². The predicted molar refractivity (Wildman–Crippen MR) is 78.8 cm³/mol. The van der Waals surface area contributed by atoms with Crippen LogP contribution in [0.1, 0.15) is 6.42 Å². The molecule has 4 heteroatoms. The zero-order valence-corrected chi connectivity index (χ0v) is 10.9. The van der Waals surface area contributed by atoms with Gasteiger partial charge in [0.15, 0.2) is 0 Å². The summed E-state index contributed by atoms with van der Waals surface area (Å²) in [5, 5.41) is 0. The number of primary amides is 1. The van der Waals surface area contributed by atoms with Crippen LogP contribution in [0, 0.1) is 0 Å². The van der Waals surface area contributed by atoms with E-state index < -0.39 is 0 Å². The van der Waals surface area contributed by atoms with Crippen molar-refractivity contribution in [3.05, 3.63) is 72.7 Å². The lowest BCUT2D eigenvalue weighted by Gasteiger charge is -1.93. The van der Waals surface area contributed by atoms with E-state index in [9.17, 15) is 4.79 Å². The molecule has 2 N–H and O–H groups in total. The van der Waals surface area contributed by atoms with Gasteiger partial charge < -0.3 is 5.73 Å². The molecule has 0 aromatic carbocycles. The van der Waals surface area contributed by atoms with Crippen molar-refractivity contribution in [1.82, 2.24) is 9.97 Å². The van der Waals surface area contributed by atoms with Gasteiger partial charge in [0.1, 0.15) is 0 Å². The minimum atomic E-state index is -0.337. The van der Waals surface area contributed by atoms with Crippen molar-refractivity contribution in [2.75, 3.05) is 0 Å². The van der Waals surface area contributed by atoms with Crippen LogP contribution >= 0.6 is 0 Å². The van der Waals surface area contributed by atoms with Crippen molar-refractivity contribution >= 4 is 5.91 Å². The molecule has 2 heterocycles. The number of hydrogen-bond acceptors (Lipinski definition) is 3. The topological polar surface area (TPSA) is 68.9 Å². The number of carbonyl (C=O) groups excluding carboxylic acids is 1. The summed E-state index contributed by atoms with van der Waals surface area (Å²) >= 11 is 0. The number of nitrogens with two attached hydrogens (primary N) is 1. The van der Waals surface area contributed by atoms with E-state index in [4.69, 9.17) is 5.73 Å². The molecule has 0 unspecified atom stereocenters. The fraction of sp³-hybridized carbons (Fsp3) is 0.0625. The van der Waals surface area contributed by atoms with Crippen molar-refractivity contribution in [2.45, 2.75) is 6.42 Å². The molecule has 3 aliphatic rings. The molecule has 20 heavy (non-hydrogen) atoms. The molecule has 0 aromatic heterocycles. The third-order valence-electron chi connectivity index (χ3n) is 2.73. The standard InChI is InChI=1S/C8H6N2.C8H9NO/c1-4-9-5-3-8-7(1)2-6-10-8;9-8(10)7-5-3-1-2-4-6-7/h1-6H;1-5H,6H2,(H2,9,10). The molecule has 3 rings (SSSR count). The molecule has 100 valence electrons. The van der Waals surface area contributed by atoms with Gasteiger partial charge in [0.05, 0.1) is 5.69 Å². The summed E-state index contributed by atoms with van der Waals surface area (Å²) in [6.07, 6.45) is 15.2. The highest BCUT2D eigenvalue weighted by atomic mass is 16.1. The molecule has 0 bridgehead atoms. The maximum Gasteiger partial charge on any atom is 0.244 e. The first-order valence-electron chi connectivity index (χ1n) is 6.24. The van der Waals surface area contributed by atoms with E-state index >= 15 is 0 Å². The Kier molecular flexibility index (Phi) is 4.78. The van der Waals surface area contributed by atoms with E-state index in [2.05, 4.69) is 9.97 Å². The van der Waals surface area contributed by atoms with Crippen LogP contribution in [0.15, 0.2) is 72.7 Å². The van der Waals surface area contributed by atoms with Gasteiger partial charge in [-0.3, -0.25) is 14.8 Å². The number of hydrogen-bond donors (Lipinski definition) is 1. The Labute approximate surface area is 117 Å². The van der Waals surface area contributed by atoms with Crippen LogP contribution in [0.3, 0.4) is 0 Å². The van der Waals surface area contributed by atoms with E-state index in [1.807, 2.05) is 42.5 Å². The molecule has 4 nitrogen and oxygen atoms in total. The number of allylic oxidation sites excluding steroid dienone is 5. The Bertz CT molecular complexity index is 616. The van der Waals surface area contributed by atoms with E-state index in [1.54, 1.807) is 24.7 Å². The zero-order chi connectivity index (χ0) is 14.2. The Morgan fingerprint density at radius 2 is 1.85 bits per heavy atom. The molecular formula is C16H15N3O. The molecule has 1 amide bonds. The number of nitrogens with zero attached hydrogens (tertiary/aromatic N) is 2. The van der Waals surface area contributed by atoms with Gasteiger partial charge >= 0.3 is 0 Å². The van der Waals surface area contributed by atoms with E-state index in [0.717, 1.165) is 11.3 Å². The van der Waals surface area contributed by atoms with Crippen molar-refractivity contribution in [1.29, 1.82) is 0 Å². The van der Waals surface area contributed by atoms with Crippen LogP contribution < -0.4 is 5.73 Å². The van der Waals surface area contributed by atoms with Gasteiger partial charge in [-0.25, -0.2) is 0 Å². The maximum absolute atomic E-state index is 10.6. The SMILES string of the molecule is NC(=O)C1=CC=CC=CC1.c1cc2ccnc-2ccn1. The van der Waals surface area contributed by atoms with Crippen LogP contribution in [0.5, 0.6) is 0 Å². The molecule has 0 fully saturated rings. The van der Waals surface area contributed by atoms with Gasteiger partial charge in [-0.15, -0.1) is 0 Å². The molecule has 1 aliphatic carbocycles. The molecule has 0 atom stereocenters. The predicted octanol–water partition coefficient (Wildman–Crippen LogP) is 2.50. The second kappa shape index (κ2) is 6.99. The van der Waals surface area contributed by atoms with Crippen molar-refractivity contribution < 1.29 is 4.79 Å². The Balaban J connectivity index is 0.000000147. The van der Waals surface area contributed by atoms with Gasteiger partial charge in [-0.1, -0.05) is 30.4 Å². The summed E-state index contributed by atoms with van der Waals surface area (Å²) in [5.41, 5.74) is 7.85. The lowest BCUT2D eigenvalue weighted by atomic mass is 10.2. The normalized spacial score (nSPS) is 13.1. The van der Waals surface area contributed by atoms with Crippen LogP contribution in [-0.2, 0) is 4.79 Å². The quantitative estimate of drug-likeness (QED) is 0.861. The summed E-state index contributed by atoms with van der Waals surface area (Å²) in [5.74, 6) is -0.337. The van der Waals surface area contributed by atoms with Crippen molar-refractivity contribution in [3.8, 4) is 11.3 Å². The van der Waals surface area contributed by atoms with E-state index in [1.165, 1.54) is 0 Å². The molecule has 2 aliphatic heterocycles. The minimum Gasteiger partial charge on any atom is -0.366 e. The fourth-order valence-electron chi connectivity index (χ4n) is 1.68. The average Bonchev–Trinajstić information content (AvgIpc) is 2.68. The molecule has 0 saturated heterocycles. The molecule has 0 aromatic rings. The van der Waals surface area contributed by atoms with Crippen molar-refractivity contribution in [2.24, 2.45) is 5.73 Å². The largest absolute Gasteiger partial charge is 0.366 e. The third kappa shape index (κ3) is 3.88. The van der Waals surface area contributed by atoms with Crippen molar-refractivity contribution in [3.63, 3.8) is 0 Å². The lowest BCUT2D eigenvalue weighted by molar-refractivity contribution is -0.114. The monoisotopic (exact) mass is 265 g/mol. The maximum atomic E-state index is 10.6. The van der Waals surface area contributed by atoms with E-state index in [0.29, 0.717) is 12.0 Å². The Morgan fingerprint density at radius 1 is 1.05 bits per heavy atom. The number of carbonyl (C=O) groups is 1. The number of fused-ring (bicyclic) bond motifs is 1. The second-order valence-corrected chi connectivity index (χ2v) is 4.14. The summed E-state index contributed by atoms with van der Waals surface area (Å²) in [4.78, 5) is 18.7. The third-order valence-corrected chi connectivity index (χ3v) is 2.73. The number of aromatic nitrogens is 2. The van der Waals surface area contributed by atoms with Gasteiger partial charge in [0.2, 0.25) is 5.91 Å². The number of amides is 1. The Morgan fingerprint density at radius 3 is 2.70 bits per heavy atom. The van der Waals surface area contributed by atoms with Gasteiger partial charge in [0, 0.05) is 29.7 Å². The summed E-state index contributed by atoms with van der Waals surface area (Å²) < 4.78 is 0. The van der Waals surface area contributed by atoms with E-state index in [-0.39, 0.29) is 5.91 Å². The first kappa shape index (κ1) is 13.7. The average molecular weight is 265 g/mol. The highest BCUT2D eigenvalue weighted by Gasteiger charge is 2.00. The molecule has 0 spiro atoms. The highest BCUT2D eigenvalue weighted by Crippen LogP contribution is 2.15. The van der Waals surface area contributed by atoms with Gasteiger partial charge in [-0.2, -0.15) is 0 Å². The summed E-state index contributed by atoms with van der Waals surface area (Å²) in [6.45, 7) is 0. The van der Waals surface area contributed by atoms with Crippen LogP contribution in [0.4, 0.5) is 0 Å². The first-order chi connectivity index (χ1) is 9.77. The molecular weight excluding hydrogens is 250 g/mol. The number of rotatable bonds is 1. The second-order valence-electron chi connectivity index (χ2n) is 4.14. The van der Waals surface area contributed by atoms with Gasteiger partial charge in [0.25, 0.3) is 0 Å². The fourth-order valence-corrected chi connectivity index (χ4v) is 1.68. The van der Waals surface area contributed by atoms with Crippen LogP contribution in [0.2, 0.25) is 0 Å². The zero-order valence-electron chi connectivity index (χ0n) is 10.9. The Hall–Kier alpha value is -2.75. The minimum absolute atomic E-state index is 0.337. The molecule has 0 saturated carbocycles. The van der Waals surface area contributed by atoms with Gasteiger partial charge in [-0.05, 0) is 24.6 Å². The summed E-state index contributed by atoms with van der Waals surface area (Å²) in [7, 11) is 0. The highest BCUT2D eigenvalue weighted by molar-refractivity contribution is 5.92. The first-order valence-corrected chi connectivity index (χ1v) is 6.24. The smallest absolute Gasteiger partial charge is 0.244 e. The summed E-state index contributed by atoms with van der Waals surface area (Å²) in [6, 6.07) is 5.81. The van der Waals surface area contributed by atoms with Crippen LogP contribution in [-0.4, -0.2) is 15.9 Å². The molecule has 0 radical (unpaired) electrons. The lowest BCUT2D eigenvalue weighted by Crippen LogP contribution is -2.12.